The molecule has 3 aliphatic rings. The van der Waals surface area contributed by atoms with Crippen LogP contribution >= 0.6 is 11.8 Å². The number of quaternary nitrogens is 1. The molecule has 2 aromatic rings. The van der Waals surface area contributed by atoms with E-state index in [9.17, 15) is 4.79 Å². The van der Waals surface area contributed by atoms with Crippen LogP contribution < -0.4 is 10.4 Å². The summed E-state index contributed by atoms with van der Waals surface area (Å²) < 4.78 is 1.61. The first kappa shape index (κ1) is 18.9. The summed E-state index contributed by atoms with van der Waals surface area (Å²) >= 11 is 6.19. The molecule has 3 heterocycles. The van der Waals surface area contributed by atoms with Crippen molar-refractivity contribution in [3.63, 3.8) is 0 Å². The smallest absolute Gasteiger partial charge is 0.274 e. The molecular weight excluding hydrogens is 404 g/mol. The quantitative estimate of drug-likeness (QED) is 0.394. The van der Waals surface area contributed by atoms with E-state index in [2.05, 4.69) is 9.98 Å². The second-order valence-electron chi connectivity index (χ2n) is 7.68. The van der Waals surface area contributed by atoms with E-state index in [1.165, 1.54) is 0 Å². The lowest BCUT2D eigenvalue weighted by Crippen LogP contribution is -3.12. The van der Waals surface area contributed by atoms with Crippen molar-refractivity contribution in [1.82, 2.24) is 19.9 Å². The number of allylic oxidation sites excluding steroid dienone is 1. The molecule has 1 saturated carbocycles. The summed E-state index contributed by atoms with van der Waals surface area (Å²) in [4.78, 5) is 26.9. The number of nitrogens with one attached hydrogen (secondary N) is 2. The van der Waals surface area contributed by atoms with Gasteiger partial charge in [-0.25, -0.2) is 24.8 Å². The molecule has 1 amide bonds. The molecule has 5 rings (SSSR count). The van der Waals surface area contributed by atoms with Crippen LogP contribution in [-0.2, 0) is 5.41 Å². The highest BCUT2D eigenvalue weighted by Crippen LogP contribution is 2.52. The molecule has 1 aromatic carbocycles. The first-order chi connectivity index (χ1) is 14.5. The van der Waals surface area contributed by atoms with Crippen molar-refractivity contribution in [1.29, 1.82) is 0 Å². The first-order valence-electron chi connectivity index (χ1n) is 9.67. The Morgan fingerprint density at radius 1 is 1.27 bits per heavy atom. The molecule has 1 atom stereocenters. The van der Waals surface area contributed by atoms with Gasteiger partial charge in [0.25, 0.3) is 5.91 Å². The summed E-state index contributed by atoms with van der Waals surface area (Å²) in [5.41, 5.74) is 5.63. The van der Waals surface area contributed by atoms with Crippen LogP contribution in [0.2, 0.25) is 0 Å². The van der Waals surface area contributed by atoms with E-state index in [0.29, 0.717) is 12.2 Å². The summed E-state index contributed by atoms with van der Waals surface area (Å²) in [6.07, 6.45) is 7.40. The molecule has 1 aromatic heterocycles. The van der Waals surface area contributed by atoms with Gasteiger partial charge in [0.1, 0.15) is 17.2 Å². The van der Waals surface area contributed by atoms with Gasteiger partial charge in [-0.1, -0.05) is 12.1 Å². The molecular formula is C21H20ClN6O2+. The van der Waals surface area contributed by atoms with Crippen molar-refractivity contribution in [3.05, 3.63) is 77.1 Å². The number of amides is 1. The number of nitrogens with zero attached hydrogens (tertiary/aromatic N) is 4. The molecule has 1 aliphatic carbocycles. The Bertz CT molecular complexity index is 1120. The van der Waals surface area contributed by atoms with Crippen molar-refractivity contribution in [2.24, 2.45) is 4.99 Å². The third-order valence-electron chi connectivity index (χ3n) is 5.86. The van der Waals surface area contributed by atoms with Crippen molar-refractivity contribution < 1.29 is 14.9 Å². The van der Waals surface area contributed by atoms with E-state index < -0.39 is 5.91 Å². The third kappa shape index (κ3) is 3.00. The number of aliphatic imine (C=N–C) groups is 1. The predicted molar refractivity (Wildman–Crippen MR) is 110 cm³/mol. The maximum absolute atomic E-state index is 11.6. The van der Waals surface area contributed by atoms with Gasteiger partial charge in [0.2, 0.25) is 5.84 Å². The molecule has 0 spiro atoms. The molecule has 9 heteroatoms. The molecule has 8 nitrogen and oxygen atoms in total. The maximum atomic E-state index is 11.6. The minimum Gasteiger partial charge on any atom is -0.288 e. The maximum Gasteiger partial charge on any atom is 0.274 e. The highest BCUT2D eigenvalue weighted by Gasteiger charge is 2.49. The van der Waals surface area contributed by atoms with Crippen molar-refractivity contribution in [2.75, 3.05) is 6.67 Å². The highest BCUT2D eigenvalue weighted by atomic mass is 35.5. The van der Waals surface area contributed by atoms with Crippen LogP contribution in [0.1, 0.15) is 47.2 Å². The number of hydrogen-bond acceptors (Lipinski definition) is 6. The number of fused-ring (bicyclic) bond motifs is 1. The normalized spacial score (nSPS) is 21.4. The molecule has 0 bridgehead atoms. The van der Waals surface area contributed by atoms with Crippen molar-refractivity contribution in [2.45, 2.75) is 25.2 Å². The molecule has 30 heavy (non-hydrogen) atoms. The van der Waals surface area contributed by atoms with Gasteiger partial charge in [-0.2, -0.15) is 4.99 Å². The topological polar surface area (TPSA) is 95.1 Å². The Morgan fingerprint density at radius 2 is 2.03 bits per heavy atom. The van der Waals surface area contributed by atoms with Crippen LogP contribution in [0.3, 0.4) is 0 Å². The zero-order valence-electron chi connectivity index (χ0n) is 16.3. The zero-order valence-corrected chi connectivity index (χ0v) is 17.0. The molecule has 3 N–H and O–H groups in total. The third-order valence-corrected chi connectivity index (χ3v) is 6.09. The largest absolute Gasteiger partial charge is 0.288 e. The van der Waals surface area contributed by atoms with Gasteiger partial charge in [0, 0.05) is 35.8 Å². The lowest BCUT2D eigenvalue weighted by Gasteiger charge is -2.23. The number of carbonyl (C=O) groups is 1. The Kier molecular flexibility index (Phi) is 4.43. The fourth-order valence-electron chi connectivity index (χ4n) is 4.14. The number of hydroxylamine groups is 1. The lowest BCUT2D eigenvalue weighted by atomic mass is 9.93. The van der Waals surface area contributed by atoms with E-state index in [1.807, 2.05) is 37.4 Å². The van der Waals surface area contributed by atoms with Gasteiger partial charge >= 0.3 is 0 Å². The number of carbonyl (C=O) groups excluding carboxylic acids is 1. The Balaban J connectivity index is 1.48. The van der Waals surface area contributed by atoms with Gasteiger partial charge in [-0.3, -0.25) is 10.0 Å². The van der Waals surface area contributed by atoms with Crippen LogP contribution in [0.5, 0.6) is 0 Å². The molecule has 0 saturated heterocycles. The Hall–Kier alpha value is -3.07. The van der Waals surface area contributed by atoms with Crippen molar-refractivity contribution >= 4 is 29.2 Å². The summed E-state index contributed by atoms with van der Waals surface area (Å²) in [5, 5.41) is 8.81. The van der Waals surface area contributed by atoms with E-state index in [-0.39, 0.29) is 5.41 Å². The summed E-state index contributed by atoms with van der Waals surface area (Å²) in [7, 11) is 0. The van der Waals surface area contributed by atoms with Crippen LogP contribution in [0, 0.1) is 0 Å². The molecule has 1 fully saturated rings. The number of aromatic nitrogens is 2. The minimum absolute atomic E-state index is 0.253. The van der Waals surface area contributed by atoms with Gasteiger partial charge in [-0.05, 0) is 43.5 Å². The fraction of sp³-hybridized carbons (Fsp3) is 0.238. The number of amidine groups is 1. The lowest BCUT2D eigenvalue weighted by molar-refractivity contribution is -0.732. The summed E-state index contributed by atoms with van der Waals surface area (Å²) in [6, 6.07) is 9.12. The van der Waals surface area contributed by atoms with Gasteiger partial charge in [0.05, 0.1) is 5.41 Å². The predicted octanol–water partition coefficient (Wildman–Crippen LogP) is 1.60. The van der Waals surface area contributed by atoms with Crippen LogP contribution in [0.4, 0.5) is 0 Å². The van der Waals surface area contributed by atoms with Crippen LogP contribution in [0.15, 0.2) is 59.5 Å². The van der Waals surface area contributed by atoms with E-state index >= 15 is 0 Å². The van der Waals surface area contributed by atoms with Gasteiger partial charge < -0.3 is 0 Å². The summed E-state index contributed by atoms with van der Waals surface area (Å²) in [6.45, 7) is 2.56. The molecule has 152 valence electrons. The van der Waals surface area contributed by atoms with Crippen molar-refractivity contribution in [3.8, 4) is 0 Å². The second kappa shape index (κ2) is 7.02. The average Bonchev–Trinajstić information content (AvgIpc) is 3.51. The Morgan fingerprint density at radius 3 is 2.73 bits per heavy atom. The van der Waals surface area contributed by atoms with Crippen LogP contribution in [0.25, 0.3) is 5.70 Å². The minimum atomic E-state index is -0.531. The van der Waals surface area contributed by atoms with E-state index in [0.717, 1.165) is 52.1 Å². The Labute approximate surface area is 178 Å². The zero-order chi connectivity index (χ0) is 20.9. The SMILES string of the molecule is CC1=C(c2ccnc(C3(c4ccc(C(=O)NO)cc4)CC3)n2)[NH+]2CN(Cl)C=CC2=N1. The molecule has 0 radical (unpaired) electrons. The standard InChI is InChI=1S/C21H19ClN6O2/c1-13-18(28-12-27(22)11-7-17(28)24-13)16-6-10-23-20(25-16)21(8-9-21)15-4-2-14(3-5-15)19(29)26-30/h2-7,10-11,30H,8-9,12H2,1H3,(H,26,29)/p+1. The number of rotatable bonds is 4. The first-order valence-corrected chi connectivity index (χ1v) is 10.0. The van der Waals surface area contributed by atoms with Crippen LogP contribution in [-0.4, -0.2) is 38.0 Å². The number of benzene rings is 1. The van der Waals surface area contributed by atoms with Gasteiger partial charge in [-0.15, -0.1) is 0 Å². The number of halogens is 1. The molecule has 1 unspecified atom stereocenters. The fourth-order valence-corrected chi connectivity index (χ4v) is 4.32. The summed E-state index contributed by atoms with van der Waals surface area (Å²) in [5.74, 6) is 1.16. The van der Waals surface area contributed by atoms with E-state index in [1.54, 1.807) is 28.2 Å². The second-order valence-corrected chi connectivity index (χ2v) is 8.11. The number of hydrogen-bond donors (Lipinski definition) is 3. The monoisotopic (exact) mass is 423 g/mol. The van der Waals surface area contributed by atoms with Gasteiger partial charge in [0.15, 0.2) is 12.4 Å². The molecule has 2 aliphatic heterocycles. The average molecular weight is 424 g/mol. The highest BCUT2D eigenvalue weighted by molar-refractivity contribution is 6.14. The van der Waals surface area contributed by atoms with E-state index in [4.69, 9.17) is 22.0 Å².